The fourth-order valence-corrected chi connectivity index (χ4v) is 3.52. The van der Waals surface area contributed by atoms with Gasteiger partial charge in [0.2, 0.25) is 0 Å². The van der Waals surface area contributed by atoms with Crippen molar-refractivity contribution in [2.24, 2.45) is 0 Å². The zero-order chi connectivity index (χ0) is 12.6. The maximum Gasteiger partial charge on any atom is 0.530 e. The Hall–Kier alpha value is 0.0169. The number of rotatable bonds is 9. The molecule has 98 valence electrons. The van der Waals surface area contributed by atoms with Crippen LogP contribution >= 0.6 is 0 Å². The summed E-state index contributed by atoms with van der Waals surface area (Å²) in [5, 5.41) is 0. The second-order valence-electron chi connectivity index (χ2n) is 3.49. The summed E-state index contributed by atoms with van der Waals surface area (Å²) in [5.74, 6) is 0. The van der Waals surface area contributed by atoms with E-state index in [1.807, 2.05) is 13.8 Å². The first-order valence-electron chi connectivity index (χ1n) is 5.40. The highest BCUT2D eigenvalue weighted by Gasteiger charge is 2.47. The van der Waals surface area contributed by atoms with Crippen LogP contribution in [-0.4, -0.2) is 55.7 Å². The molecule has 0 aliphatic carbocycles. The summed E-state index contributed by atoms with van der Waals surface area (Å²) < 4.78 is 27.0. The van der Waals surface area contributed by atoms with E-state index < -0.39 is 8.80 Å². The van der Waals surface area contributed by atoms with E-state index in [9.17, 15) is 0 Å². The monoisotopic (exact) mass is 252 g/mol. The number of hydrogen-bond donors (Lipinski definition) is 0. The highest BCUT2D eigenvalue weighted by molar-refractivity contribution is 6.62. The molecule has 2 unspecified atom stereocenters. The molecular formula is C10H24O5Si. The molecule has 0 aliphatic heterocycles. The molecule has 6 heteroatoms. The standard InChI is InChI=1S/C10H24O5Si/c1-7-10(15-8-9(2)11-3)16(12-4,13-5)14-6/h9-10H,7-8H2,1-6H3. The molecule has 0 saturated heterocycles. The molecule has 0 aromatic rings. The Morgan fingerprint density at radius 1 is 1.00 bits per heavy atom. The van der Waals surface area contributed by atoms with Gasteiger partial charge in [-0.1, -0.05) is 6.92 Å². The zero-order valence-electron chi connectivity index (χ0n) is 11.1. The van der Waals surface area contributed by atoms with Gasteiger partial charge in [0.05, 0.1) is 12.7 Å². The second kappa shape index (κ2) is 8.16. The summed E-state index contributed by atoms with van der Waals surface area (Å²) in [7, 11) is 3.72. The summed E-state index contributed by atoms with van der Waals surface area (Å²) >= 11 is 0. The van der Waals surface area contributed by atoms with Crippen molar-refractivity contribution in [1.29, 1.82) is 0 Å². The van der Waals surface area contributed by atoms with E-state index in [2.05, 4.69) is 0 Å². The molecule has 0 aliphatic rings. The van der Waals surface area contributed by atoms with E-state index in [0.29, 0.717) is 6.61 Å². The highest BCUT2D eigenvalue weighted by Crippen LogP contribution is 2.18. The van der Waals surface area contributed by atoms with Gasteiger partial charge in [0, 0.05) is 28.4 Å². The third-order valence-corrected chi connectivity index (χ3v) is 5.62. The summed E-state index contributed by atoms with van der Waals surface area (Å²) in [4.78, 5) is 0. The van der Waals surface area contributed by atoms with Crippen LogP contribution in [0.2, 0.25) is 0 Å². The van der Waals surface area contributed by atoms with E-state index in [1.165, 1.54) is 0 Å². The van der Waals surface area contributed by atoms with Gasteiger partial charge in [0.15, 0.2) is 0 Å². The second-order valence-corrected chi connectivity index (χ2v) is 6.57. The maximum absolute atomic E-state index is 5.74. The normalized spacial score (nSPS) is 16.1. The average molecular weight is 252 g/mol. The van der Waals surface area contributed by atoms with Crippen LogP contribution in [0.1, 0.15) is 20.3 Å². The summed E-state index contributed by atoms with van der Waals surface area (Å²) in [6, 6.07) is 0. The molecule has 0 bridgehead atoms. The Morgan fingerprint density at radius 2 is 1.50 bits per heavy atom. The van der Waals surface area contributed by atoms with Crippen molar-refractivity contribution in [3.63, 3.8) is 0 Å². The predicted molar refractivity (Wildman–Crippen MR) is 63.3 cm³/mol. The van der Waals surface area contributed by atoms with E-state index >= 15 is 0 Å². The van der Waals surface area contributed by atoms with Gasteiger partial charge in [-0.2, -0.15) is 0 Å². The molecule has 0 rings (SSSR count). The van der Waals surface area contributed by atoms with E-state index in [-0.39, 0.29) is 11.8 Å². The molecule has 2 atom stereocenters. The summed E-state index contributed by atoms with van der Waals surface area (Å²) in [6.45, 7) is 4.46. The minimum absolute atomic E-state index is 0.0475. The first kappa shape index (κ1) is 16.0. The van der Waals surface area contributed by atoms with Crippen LogP contribution in [0.3, 0.4) is 0 Å². The van der Waals surface area contributed by atoms with Gasteiger partial charge in [0.25, 0.3) is 0 Å². The van der Waals surface area contributed by atoms with Gasteiger partial charge in [0.1, 0.15) is 5.73 Å². The van der Waals surface area contributed by atoms with Crippen molar-refractivity contribution in [1.82, 2.24) is 0 Å². The molecule has 5 nitrogen and oxygen atoms in total. The van der Waals surface area contributed by atoms with Gasteiger partial charge < -0.3 is 22.8 Å². The molecule has 0 N–H and O–H groups in total. The smallest absolute Gasteiger partial charge is 0.379 e. The van der Waals surface area contributed by atoms with Crippen molar-refractivity contribution in [3.05, 3.63) is 0 Å². The zero-order valence-corrected chi connectivity index (χ0v) is 12.1. The Bertz CT molecular complexity index is 166. The van der Waals surface area contributed by atoms with Crippen LogP contribution in [0, 0.1) is 0 Å². The molecule has 0 amide bonds. The van der Waals surface area contributed by atoms with Crippen molar-refractivity contribution in [2.75, 3.05) is 35.0 Å². The molecule has 0 heterocycles. The van der Waals surface area contributed by atoms with Crippen molar-refractivity contribution < 1.29 is 22.8 Å². The minimum atomic E-state index is -2.70. The lowest BCUT2D eigenvalue weighted by molar-refractivity contribution is -0.0313. The maximum atomic E-state index is 5.74. The third kappa shape index (κ3) is 4.12. The fraction of sp³-hybridized carbons (Fsp3) is 1.00. The van der Waals surface area contributed by atoms with Crippen LogP contribution in [0.25, 0.3) is 0 Å². The van der Waals surface area contributed by atoms with Crippen LogP contribution in [0.5, 0.6) is 0 Å². The molecule has 0 radical (unpaired) electrons. The lowest BCUT2D eigenvalue weighted by atomic mass is 10.4. The van der Waals surface area contributed by atoms with Crippen LogP contribution in [0.4, 0.5) is 0 Å². The van der Waals surface area contributed by atoms with Crippen molar-refractivity contribution in [3.8, 4) is 0 Å². The largest absolute Gasteiger partial charge is 0.530 e. The van der Waals surface area contributed by atoms with Gasteiger partial charge in [-0.15, -0.1) is 0 Å². The fourth-order valence-electron chi connectivity index (χ4n) is 1.43. The molecule has 0 fully saturated rings. The number of ether oxygens (including phenoxy) is 2. The van der Waals surface area contributed by atoms with Gasteiger partial charge >= 0.3 is 8.80 Å². The SMILES string of the molecule is CCC(OCC(C)OC)[Si](OC)(OC)OC. The quantitative estimate of drug-likeness (QED) is 0.578. The molecule has 0 saturated carbocycles. The molecule has 16 heavy (non-hydrogen) atoms. The highest BCUT2D eigenvalue weighted by atomic mass is 28.4. The van der Waals surface area contributed by atoms with Gasteiger partial charge in [-0.05, 0) is 13.3 Å². The predicted octanol–water partition coefficient (Wildman–Crippen LogP) is 1.23. The van der Waals surface area contributed by atoms with Crippen LogP contribution < -0.4 is 0 Å². The lowest BCUT2D eigenvalue weighted by Crippen LogP contribution is -2.55. The summed E-state index contributed by atoms with van der Waals surface area (Å²) in [5.41, 5.74) is -0.162. The Labute approximate surface area is 99.3 Å². The number of methoxy groups -OCH3 is 1. The third-order valence-electron chi connectivity index (χ3n) is 2.55. The van der Waals surface area contributed by atoms with Gasteiger partial charge in [-0.25, -0.2) is 0 Å². The average Bonchev–Trinajstić information content (AvgIpc) is 2.34. The lowest BCUT2D eigenvalue weighted by Gasteiger charge is -2.32. The Kier molecular flexibility index (Phi) is 8.17. The van der Waals surface area contributed by atoms with E-state index in [1.54, 1.807) is 28.4 Å². The van der Waals surface area contributed by atoms with Crippen molar-refractivity contribution >= 4 is 8.80 Å². The first-order valence-corrected chi connectivity index (χ1v) is 7.20. The first-order chi connectivity index (χ1) is 7.60. The topological polar surface area (TPSA) is 46.2 Å². The molecular weight excluding hydrogens is 228 g/mol. The van der Waals surface area contributed by atoms with Crippen LogP contribution in [0.15, 0.2) is 0 Å². The number of hydrogen-bond acceptors (Lipinski definition) is 5. The molecule has 0 aromatic heterocycles. The summed E-state index contributed by atoms with van der Waals surface area (Å²) in [6.07, 6.45) is 0.823. The molecule has 0 spiro atoms. The van der Waals surface area contributed by atoms with Crippen molar-refractivity contribution in [2.45, 2.75) is 32.1 Å². The van der Waals surface area contributed by atoms with Crippen LogP contribution in [-0.2, 0) is 22.8 Å². The van der Waals surface area contributed by atoms with E-state index in [0.717, 1.165) is 6.42 Å². The Morgan fingerprint density at radius 3 is 1.81 bits per heavy atom. The molecule has 0 aromatic carbocycles. The van der Waals surface area contributed by atoms with Gasteiger partial charge in [-0.3, -0.25) is 0 Å². The minimum Gasteiger partial charge on any atom is -0.379 e. The Balaban J connectivity index is 4.43. The van der Waals surface area contributed by atoms with E-state index in [4.69, 9.17) is 22.8 Å².